The molecule has 0 saturated heterocycles. The van der Waals surface area contributed by atoms with Gasteiger partial charge in [0.05, 0.1) is 0 Å². The van der Waals surface area contributed by atoms with E-state index >= 15 is 0 Å². The van der Waals surface area contributed by atoms with Gasteiger partial charge in [0, 0.05) is 6.04 Å². The number of hydrogen-bond acceptors (Lipinski definition) is 1. The van der Waals surface area contributed by atoms with Gasteiger partial charge in [-0.15, -0.1) is 0 Å². The standard InChI is InChI=1S/C11H13N/c12-11-8-10(11)7-6-9-4-2-1-3-5-9/h1-7,10-11H,8,12H2. The van der Waals surface area contributed by atoms with Crippen LogP contribution in [0.4, 0.5) is 0 Å². The molecule has 1 aromatic rings. The van der Waals surface area contributed by atoms with Crippen molar-refractivity contribution in [3.63, 3.8) is 0 Å². The van der Waals surface area contributed by atoms with Crippen LogP contribution < -0.4 is 5.73 Å². The Morgan fingerprint density at radius 3 is 2.50 bits per heavy atom. The fraction of sp³-hybridized carbons (Fsp3) is 0.273. The molecule has 2 unspecified atom stereocenters. The van der Waals surface area contributed by atoms with E-state index in [4.69, 9.17) is 5.73 Å². The Kier molecular flexibility index (Phi) is 1.96. The summed E-state index contributed by atoms with van der Waals surface area (Å²) >= 11 is 0. The van der Waals surface area contributed by atoms with Gasteiger partial charge in [-0.2, -0.15) is 0 Å². The van der Waals surface area contributed by atoms with E-state index in [1.807, 2.05) is 18.2 Å². The molecule has 0 amide bonds. The van der Waals surface area contributed by atoms with Crippen molar-refractivity contribution in [3.8, 4) is 0 Å². The van der Waals surface area contributed by atoms with E-state index in [1.54, 1.807) is 0 Å². The molecule has 0 spiro atoms. The van der Waals surface area contributed by atoms with Crippen molar-refractivity contribution in [1.29, 1.82) is 0 Å². The highest BCUT2D eigenvalue weighted by Gasteiger charge is 2.30. The number of hydrogen-bond donors (Lipinski definition) is 1. The van der Waals surface area contributed by atoms with E-state index in [1.165, 1.54) is 5.56 Å². The summed E-state index contributed by atoms with van der Waals surface area (Å²) in [7, 11) is 0. The highest BCUT2D eigenvalue weighted by Crippen LogP contribution is 2.29. The second-order valence-corrected chi connectivity index (χ2v) is 3.33. The van der Waals surface area contributed by atoms with E-state index < -0.39 is 0 Å². The highest BCUT2D eigenvalue weighted by atomic mass is 14.7. The third kappa shape index (κ3) is 1.74. The first-order valence-electron chi connectivity index (χ1n) is 4.35. The fourth-order valence-electron chi connectivity index (χ4n) is 1.26. The lowest BCUT2D eigenvalue weighted by molar-refractivity contribution is 0.980. The van der Waals surface area contributed by atoms with Gasteiger partial charge >= 0.3 is 0 Å². The van der Waals surface area contributed by atoms with Gasteiger partial charge in [-0.05, 0) is 17.9 Å². The normalized spacial score (nSPS) is 27.8. The molecule has 1 aliphatic carbocycles. The highest BCUT2D eigenvalue weighted by molar-refractivity contribution is 5.49. The lowest BCUT2D eigenvalue weighted by atomic mass is 10.2. The van der Waals surface area contributed by atoms with Crippen LogP contribution in [0.5, 0.6) is 0 Å². The summed E-state index contributed by atoms with van der Waals surface area (Å²) in [6.07, 6.45) is 5.51. The van der Waals surface area contributed by atoms with Gasteiger partial charge in [0.1, 0.15) is 0 Å². The number of benzene rings is 1. The van der Waals surface area contributed by atoms with E-state index in [0.29, 0.717) is 12.0 Å². The maximum Gasteiger partial charge on any atom is 0.0109 e. The zero-order valence-electron chi connectivity index (χ0n) is 6.98. The van der Waals surface area contributed by atoms with Gasteiger partial charge in [-0.25, -0.2) is 0 Å². The summed E-state index contributed by atoms with van der Waals surface area (Å²) in [6, 6.07) is 10.7. The van der Waals surface area contributed by atoms with Crippen molar-refractivity contribution in [2.45, 2.75) is 12.5 Å². The minimum Gasteiger partial charge on any atom is -0.327 e. The van der Waals surface area contributed by atoms with E-state index in [9.17, 15) is 0 Å². The first-order chi connectivity index (χ1) is 5.86. The molecular weight excluding hydrogens is 146 g/mol. The lowest BCUT2D eigenvalue weighted by Crippen LogP contribution is -1.99. The minimum atomic E-state index is 0.421. The van der Waals surface area contributed by atoms with Crippen LogP contribution in [0.3, 0.4) is 0 Å². The summed E-state index contributed by atoms with van der Waals surface area (Å²) in [4.78, 5) is 0. The smallest absolute Gasteiger partial charge is 0.0109 e. The van der Waals surface area contributed by atoms with Crippen LogP contribution in [0.2, 0.25) is 0 Å². The van der Waals surface area contributed by atoms with Crippen LogP contribution in [0.25, 0.3) is 6.08 Å². The summed E-state index contributed by atoms with van der Waals surface area (Å²) in [5.41, 5.74) is 6.94. The second-order valence-electron chi connectivity index (χ2n) is 3.33. The molecule has 1 heteroatoms. The monoisotopic (exact) mass is 159 g/mol. The van der Waals surface area contributed by atoms with Gasteiger partial charge < -0.3 is 5.73 Å². The van der Waals surface area contributed by atoms with Gasteiger partial charge in [0.25, 0.3) is 0 Å². The molecule has 12 heavy (non-hydrogen) atoms. The third-order valence-corrected chi connectivity index (χ3v) is 2.23. The van der Waals surface area contributed by atoms with Crippen LogP contribution >= 0.6 is 0 Å². The van der Waals surface area contributed by atoms with Crippen molar-refractivity contribution in [2.24, 2.45) is 11.7 Å². The molecule has 1 nitrogen and oxygen atoms in total. The summed E-state index contributed by atoms with van der Waals surface area (Å²) in [5, 5.41) is 0. The first-order valence-corrected chi connectivity index (χ1v) is 4.35. The summed E-state index contributed by atoms with van der Waals surface area (Å²) in [6.45, 7) is 0. The fourth-order valence-corrected chi connectivity index (χ4v) is 1.26. The van der Waals surface area contributed by atoms with Crippen molar-refractivity contribution < 1.29 is 0 Å². The van der Waals surface area contributed by atoms with E-state index in [0.717, 1.165) is 6.42 Å². The van der Waals surface area contributed by atoms with E-state index in [-0.39, 0.29) is 0 Å². The predicted octanol–water partition coefficient (Wildman–Crippen LogP) is 2.05. The SMILES string of the molecule is NC1CC1C=Cc1ccccc1. The molecule has 0 heterocycles. The molecule has 2 rings (SSSR count). The average Bonchev–Trinajstić information content (AvgIpc) is 2.81. The Bertz CT molecular complexity index is 276. The van der Waals surface area contributed by atoms with Crippen LogP contribution in [-0.4, -0.2) is 6.04 Å². The molecule has 2 atom stereocenters. The van der Waals surface area contributed by atoms with Crippen LogP contribution in [-0.2, 0) is 0 Å². The molecule has 1 saturated carbocycles. The topological polar surface area (TPSA) is 26.0 Å². The zero-order valence-corrected chi connectivity index (χ0v) is 6.98. The van der Waals surface area contributed by atoms with Gasteiger partial charge in [0.15, 0.2) is 0 Å². The Labute approximate surface area is 72.9 Å². The molecule has 0 bridgehead atoms. The van der Waals surface area contributed by atoms with Gasteiger partial charge in [-0.1, -0.05) is 42.5 Å². The zero-order chi connectivity index (χ0) is 8.39. The molecule has 1 fully saturated rings. The molecule has 0 radical (unpaired) electrons. The van der Waals surface area contributed by atoms with Crippen LogP contribution in [0, 0.1) is 5.92 Å². The third-order valence-electron chi connectivity index (χ3n) is 2.23. The minimum absolute atomic E-state index is 0.421. The number of rotatable bonds is 2. The van der Waals surface area contributed by atoms with Crippen molar-refractivity contribution in [3.05, 3.63) is 42.0 Å². The molecule has 1 aliphatic rings. The van der Waals surface area contributed by atoms with E-state index in [2.05, 4.69) is 24.3 Å². The molecule has 1 aromatic carbocycles. The van der Waals surface area contributed by atoms with Crippen molar-refractivity contribution >= 4 is 6.08 Å². The van der Waals surface area contributed by atoms with Gasteiger partial charge in [0.2, 0.25) is 0 Å². The van der Waals surface area contributed by atoms with Gasteiger partial charge in [-0.3, -0.25) is 0 Å². The Balaban J connectivity index is 1.99. The predicted molar refractivity (Wildman–Crippen MR) is 51.6 cm³/mol. The molecule has 62 valence electrons. The Hall–Kier alpha value is -1.08. The average molecular weight is 159 g/mol. The Morgan fingerprint density at radius 2 is 1.92 bits per heavy atom. The largest absolute Gasteiger partial charge is 0.327 e. The maximum atomic E-state index is 5.68. The first kappa shape index (κ1) is 7.56. The maximum absolute atomic E-state index is 5.68. The summed E-state index contributed by atoms with van der Waals surface area (Å²) in [5.74, 6) is 0.630. The van der Waals surface area contributed by atoms with Crippen LogP contribution in [0.15, 0.2) is 36.4 Å². The van der Waals surface area contributed by atoms with Crippen molar-refractivity contribution in [2.75, 3.05) is 0 Å². The Morgan fingerprint density at radius 1 is 1.25 bits per heavy atom. The molecular formula is C11H13N. The van der Waals surface area contributed by atoms with Crippen LogP contribution in [0.1, 0.15) is 12.0 Å². The molecule has 0 aromatic heterocycles. The molecule has 0 aliphatic heterocycles. The quantitative estimate of drug-likeness (QED) is 0.702. The molecule has 2 N–H and O–H groups in total. The van der Waals surface area contributed by atoms with Crippen molar-refractivity contribution in [1.82, 2.24) is 0 Å². The summed E-state index contributed by atoms with van der Waals surface area (Å²) < 4.78 is 0. The number of nitrogens with two attached hydrogens (primary N) is 1. The lowest BCUT2D eigenvalue weighted by Gasteiger charge is -1.89. The second kappa shape index (κ2) is 3.11.